The van der Waals surface area contributed by atoms with E-state index in [2.05, 4.69) is 39.0 Å². The second-order valence-corrected chi connectivity index (χ2v) is 16.7. The third-order valence-electron chi connectivity index (χ3n) is 13.7. The molecule has 3 heterocycles. The highest BCUT2D eigenvalue weighted by Crippen LogP contribution is 2.73. The lowest BCUT2D eigenvalue weighted by Gasteiger charge is -2.70. The monoisotopic (exact) mass is 643 g/mol. The molecular weight excluding hydrogens is 590 g/mol. The first kappa shape index (κ1) is 32.4. The van der Waals surface area contributed by atoms with Gasteiger partial charge < -0.3 is 9.84 Å². The van der Waals surface area contributed by atoms with Crippen LogP contribution in [-0.2, 0) is 20.6 Å². The number of carbonyl (C=O) groups is 1. The summed E-state index contributed by atoms with van der Waals surface area (Å²) in [6.45, 7) is 12.6. The number of ether oxygens (including phenoxy) is 1. The Bertz CT molecular complexity index is 1730. The normalized spacial score (nSPS) is 37.2. The van der Waals surface area contributed by atoms with Gasteiger partial charge in [0.25, 0.3) is 0 Å². The molecule has 2 aliphatic heterocycles. The van der Waals surface area contributed by atoms with Crippen molar-refractivity contribution in [2.24, 2.45) is 34.5 Å². The Morgan fingerprint density at radius 2 is 1.70 bits per heavy atom. The van der Waals surface area contributed by atoms with Crippen LogP contribution in [0, 0.1) is 34.5 Å². The van der Waals surface area contributed by atoms with Crippen LogP contribution in [0.4, 0.5) is 0 Å². The molecule has 254 valence electrons. The summed E-state index contributed by atoms with van der Waals surface area (Å²) < 4.78 is 10.5. The quantitative estimate of drug-likeness (QED) is 0.192. The molecular formula is C39H53N3O5. The number of fused-ring (bicyclic) bond motifs is 1. The highest BCUT2D eigenvalue weighted by atomic mass is 16.6. The molecule has 9 atom stereocenters. The fourth-order valence-corrected chi connectivity index (χ4v) is 11.8. The number of carbonyl (C=O) groups excluding carboxylic acids is 1. The van der Waals surface area contributed by atoms with Gasteiger partial charge in [-0.25, -0.2) is 23.5 Å². The Hall–Kier alpha value is -3.13. The number of hydrogen-bond donors (Lipinski definition) is 1. The van der Waals surface area contributed by atoms with E-state index < -0.39 is 28.2 Å². The molecule has 1 N–H and O–H groups in total. The van der Waals surface area contributed by atoms with Crippen LogP contribution in [0.1, 0.15) is 106 Å². The zero-order chi connectivity index (χ0) is 33.6. The summed E-state index contributed by atoms with van der Waals surface area (Å²) in [7, 11) is 0. The number of para-hydroxylation sites is 1. The molecule has 2 saturated carbocycles. The maximum Gasteiger partial charge on any atom is 0.352 e. The van der Waals surface area contributed by atoms with Crippen LogP contribution in [0.2, 0.25) is 0 Å². The SMILES string of the molecule is CC(=O)OC(C)(C)CCCCC[C@@H](C)[C@H]1CC[C@@H]2[C@]1(C)CC[C@H]1[C@]23C=C[C@]2(C[C@@H](O)C=C[C@]12C)n1c(=O)n(-c2ccccc2)c(=O)n13. The van der Waals surface area contributed by atoms with Crippen LogP contribution in [0.3, 0.4) is 0 Å². The summed E-state index contributed by atoms with van der Waals surface area (Å²) in [5.41, 5.74) is -2.24. The maximum absolute atomic E-state index is 14.7. The molecule has 47 heavy (non-hydrogen) atoms. The molecule has 2 bridgehead atoms. The molecule has 8 heteroatoms. The molecule has 6 aliphatic rings. The molecule has 8 rings (SSSR count). The number of esters is 1. The van der Waals surface area contributed by atoms with Crippen LogP contribution >= 0.6 is 0 Å². The summed E-state index contributed by atoms with van der Waals surface area (Å²) >= 11 is 0. The van der Waals surface area contributed by atoms with Gasteiger partial charge in [0.05, 0.1) is 22.9 Å². The fraction of sp³-hybridized carbons (Fsp3) is 0.667. The minimum absolute atomic E-state index is 0.0261. The van der Waals surface area contributed by atoms with E-state index in [1.165, 1.54) is 11.5 Å². The fourth-order valence-electron chi connectivity index (χ4n) is 11.8. The molecule has 0 saturated heterocycles. The van der Waals surface area contributed by atoms with E-state index in [1.807, 2.05) is 54.9 Å². The summed E-state index contributed by atoms with van der Waals surface area (Å²) in [4.78, 5) is 40.8. The lowest BCUT2D eigenvalue weighted by atomic mass is 9.41. The van der Waals surface area contributed by atoms with E-state index in [0.29, 0.717) is 23.9 Å². The summed E-state index contributed by atoms with van der Waals surface area (Å²) in [5, 5.41) is 11.0. The molecule has 2 fully saturated rings. The Morgan fingerprint density at radius 3 is 2.43 bits per heavy atom. The van der Waals surface area contributed by atoms with Crippen molar-refractivity contribution in [3.63, 3.8) is 0 Å². The smallest absolute Gasteiger partial charge is 0.352 e. The molecule has 4 aliphatic carbocycles. The Balaban J connectivity index is 1.23. The third kappa shape index (κ3) is 4.45. The van der Waals surface area contributed by atoms with Gasteiger partial charge in [0.2, 0.25) is 0 Å². The van der Waals surface area contributed by atoms with Crippen molar-refractivity contribution in [2.45, 2.75) is 129 Å². The molecule has 1 aromatic heterocycles. The lowest BCUT2D eigenvalue weighted by molar-refractivity contribution is -0.167. The Kier molecular flexibility index (Phi) is 7.55. The van der Waals surface area contributed by atoms with E-state index in [1.54, 1.807) is 4.68 Å². The first-order valence-electron chi connectivity index (χ1n) is 18.0. The van der Waals surface area contributed by atoms with Crippen molar-refractivity contribution >= 4 is 5.97 Å². The van der Waals surface area contributed by atoms with Gasteiger partial charge in [0, 0.05) is 18.8 Å². The van der Waals surface area contributed by atoms with Gasteiger partial charge in [0.15, 0.2) is 0 Å². The van der Waals surface area contributed by atoms with Gasteiger partial charge in [-0.2, -0.15) is 0 Å². The summed E-state index contributed by atoms with van der Waals surface area (Å²) in [5.74, 6) is 1.21. The van der Waals surface area contributed by atoms with Crippen molar-refractivity contribution in [3.05, 3.63) is 75.6 Å². The number of allylic oxidation sites excluding steroid dienone is 3. The standard InChI is InChI=1S/C39H53N3O5/c1-26(13-9-8-12-20-35(3,4)47-27(2)43)30-16-17-31-36(30,5)21-19-32-37(6)22-18-29(44)25-38(37)23-24-39(31,32)42-34(46)40(33(45)41(38)42)28-14-10-7-11-15-28/h7,10-11,14-15,18,22-24,26,29-32,44H,8-9,12-13,16-17,19-21,25H2,1-6H3/t26-,29+,30-,31-,32-,36-,37-,38-,39+/m1/s1. The Morgan fingerprint density at radius 1 is 0.979 bits per heavy atom. The van der Waals surface area contributed by atoms with Crippen LogP contribution in [0.25, 0.3) is 5.69 Å². The molecule has 0 unspecified atom stereocenters. The van der Waals surface area contributed by atoms with Gasteiger partial charge in [-0.1, -0.05) is 82.5 Å². The highest BCUT2D eigenvalue weighted by molar-refractivity contribution is 5.66. The van der Waals surface area contributed by atoms with Crippen LogP contribution in [0.5, 0.6) is 0 Å². The van der Waals surface area contributed by atoms with E-state index in [9.17, 15) is 19.5 Å². The first-order valence-corrected chi connectivity index (χ1v) is 18.0. The molecule has 2 aromatic rings. The zero-order valence-corrected chi connectivity index (χ0v) is 29.1. The first-order chi connectivity index (χ1) is 22.2. The number of aliphatic hydroxyl groups is 1. The largest absolute Gasteiger partial charge is 0.460 e. The number of benzene rings is 1. The molecule has 1 aromatic carbocycles. The highest BCUT2D eigenvalue weighted by Gasteiger charge is 2.74. The van der Waals surface area contributed by atoms with Gasteiger partial charge in [-0.05, 0) is 93.6 Å². The van der Waals surface area contributed by atoms with Crippen molar-refractivity contribution in [1.82, 2.24) is 13.9 Å². The molecule has 0 amide bonds. The average molecular weight is 644 g/mol. The van der Waals surface area contributed by atoms with E-state index in [0.717, 1.165) is 57.8 Å². The van der Waals surface area contributed by atoms with E-state index >= 15 is 0 Å². The average Bonchev–Trinajstić information content (AvgIpc) is 3.51. The number of aliphatic hydroxyl groups excluding tert-OH is 1. The third-order valence-corrected chi connectivity index (χ3v) is 13.7. The van der Waals surface area contributed by atoms with Crippen LogP contribution < -0.4 is 11.4 Å². The topological polar surface area (TPSA) is 95.5 Å². The lowest BCUT2D eigenvalue weighted by Crippen LogP contribution is -2.75. The van der Waals surface area contributed by atoms with Gasteiger partial charge in [-0.3, -0.25) is 4.79 Å². The molecule has 8 nitrogen and oxygen atoms in total. The second-order valence-electron chi connectivity index (χ2n) is 16.7. The van der Waals surface area contributed by atoms with Gasteiger partial charge >= 0.3 is 17.3 Å². The maximum atomic E-state index is 14.7. The summed E-state index contributed by atoms with van der Waals surface area (Å²) in [6.07, 6.45) is 17.9. The number of hydrogen-bond acceptors (Lipinski definition) is 5. The van der Waals surface area contributed by atoms with Crippen molar-refractivity contribution in [1.29, 1.82) is 0 Å². The van der Waals surface area contributed by atoms with Crippen molar-refractivity contribution in [3.8, 4) is 5.69 Å². The zero-order valence-electron chi connectivity index (χ0n) is 29.1. The van der Waals surface area contributed by atoms with Crippen LogP contribution in [-0.4, -0.2) is 36.7 Å². The Labute approximate surface area is 278 Å². The summed E-state index contributed by atoms with van der Waals surface area (Å²) in [6, 6.07) is 9.31. The van der Waals surface area contributed by atoms with Gasteiger partial charge in [-0.15, -0.1) is 0 Å². The minimum atomic E-state index is -0.813. The number of rotatable bonds is 9. The van der Waals surface area contributed by atoms with Crippen molar-refractivity contribution in [2.75, 3.05) is 0 Å². The number of unbranched alkanes of at least 4 members (excludes halogenated alkanes) is 2. The van der Waals surface area contributed by atoms with E-state index in [-0.39, 0.29) is 34.6 Å². The predicted octanol–water partition coefficient (Wildman–Crippen LogP) is 6.47. The minimum Gasteiger partial charge on any atom is -0.460 e. The number of nitrogens with zero attached hydrogens (tertiary/aromatic N) is 3. The van der Waals surface area contributed by atoms with Crippen molar-refractivity contribution < 1.29 is 14.6 Å². The van der Waals surface area contributed by atoms with Crippen LogP contribution in [0.15, 0.2) is 64.2 Å². The molecule has 2 spiro atoms. The molecule has 0 radical (unpaired) electrons. The second kappa shape index (κ2) is 10.9. The van der Waals surface area contributed by atoms with Gasteiger partial charge in [0.1, 0.15) is 5.60 Å². The van der Waals surface area contributed by atoms with E-state index in [4.69, 9.17) is 4.74 Å². The predicted molar refractivity (Wildman–Crippen MR) is 182 cm³/mol. The number of aromatic nitrogens is 3.